The fraction of sp³-hybridized carbons (Fsp3) is 0.400. The van der Waals surface area contributed by atoms with Crippen LogP contribution in [0.2, 0.25) is 0 Å². The predicted octanol–water partition coefficient (Wildman–Crippen LogP) is 0.129. The van der Waals surface area contributed by atoms with Gasteiger partial charge >= 0.3 is 6.03 Å². The molecule has 0 bridgehead atoms. The largest absolute Gasteiger partial charge is 0.378 e. The molecule has 0 aromatic heterocycles. The summed E-state index contributed by atoms with van der Waals surface area (Å²) in [7, 11) is 3.88. The molecule has 0 unspecified atom stereocenters. The van der Waals surface area contributed by atoms with Gasteiger partial charge in [0, 0.05) is 38.4 Å². The second-order valence-corrected chi connectivity index (χ2v) is 5.73. The van der Waals surface area contributed by atoms with Crippen molar-refractivity contribution in [3.63, 3.8) is 0 Å². The van der Waals surface area contributed by atoms with Crippen molar-refractivity contribution in [1.82, 2.24) is 15.1 Å². The minimum Gasteiger partial charge on any atom is -0.378 e. The summed E-state index contributed by atoms with van der Waals surface area (Å²) in [6.07, 6.45) is 0. The second-order valence-electron chi connectivity index (χ2n) is 5.73. The van der Waals surface area contributed by atoms with Gasteiger partial charge in [-0.3, -0.25) is 14.5 Å². The lowest BCUT2D eigenvalue weighted by Crippen LogP contribution is -2.62. The molecule has 1 aromatic rings. The summed E-state index contributed by atoms with van der Waals surface area (Å²) in [5, 5.41) is 2.49. The SMILES string of the molecule is CN(C)c1ccc(C(=O)N2CC(N3C(=O)CNC3=O)C2)cc1. The highest BCUT2D eigenvalue weighted by Gasteiger charge is 2.42. The monoisotopic (exact) mass is 302 g/mol. The van der Waals surface area contributed by atoms with E-state index in [-0.39, 0.29) is 30.4 Å². The molecule has 116 valence electrons. The Morgan fingerprint density at radius 2 is 1.82 bits per heavy atom. The third-order valence-corrected chi connectivity index (χ3v) is 4.02. The lowest BCUT2D eigenvalue weighted by atomic mass is 10.0. The summed E-state index contributed by atoms with van der Waals surface area (Å²) in [5.41, 5.74) is 1.64. The van der Waals surface area contributed by atoms with E-state index in [1.54, 1.807) is 17.0 Å². The Labute approximate surface area is 128 Å². The first kappa shape index (κ1) is 14.4. The molecular weight excluding hydrogens is 284 g/mol. The normalized spacial score (nSPS) is 18.3. The Morgan fingerprint density at radius 1 is 1.18 bits per heavy atom. The van der Waals surface area contributed by atoms with Gasteiger partial charge in [-0.25, -0.2) is 4.79 Å². The van der Waals surface area contributed by atoms with Crippen molar-refractivity contribution >= 4 is 23.5 Å². The highest BCUT2D eigenvalue weighted by Crippen LogP contribution is 2.21. The number of nitrogens with zero attached hydrogens (tertiary/aromatic N) is 3. The van der Waals surface area contributed by atoms with Crippen molar-refractivity contribution in [2.45, 2.75) is 6.04 Å². The summed E-state index contributed by atoms with van der Waals surface area (Å²) < 4.78 is 0. The number of nitrogens with one attached hydrogen (secondary N) is 1. The molecule has 7 heteroatoms. The quantitative estimate of drug-likeness (QED) is 0.806. The van der Waals surface area contributed by atoms with Crippen LogP contribution >= 0.6 is 0 Å². The smallest absolute Gasteiger partial charge is 0.324 e. The molecule has 0 spiro atoms. The molecule has 4 amide bonds. The molecule has 0 saturated carbocycles. The Kier molecular flexibility index (Phi) is 3.48. The number of urea groups is 1. The van der Waals surface area contributed by atoms with Gasteiger partial charge in [0.1, 0.15) is 0 Å². The maximum Gasteiger partial charge on any atom is 0.324 e. The first-order chi connectivity index (χ1) is 10.5. The summed E-state index contributed by atoms with van der Waals surface area (Å²) in [4.78, 5) is 40.3. The first-order valence-corrected chi connectivity index (χ1v) is 7.14. The summed E-state index contributed by atoms with van der Waals surface area (Å²) in [6, 6.07) is 6.79. The molecule has 7 nitrogen and oxygen atoms in total. The zero-order valence-electron chi connectivity index (χ0n) is 12.6. The van der Waals surface area contributed by atoms with Crippen molar-refractivity contribution in [2.75, 3.05) is 38.6 Å². The molecule has 2 fully saturated rings. The maximum absolute atomic E-state index is 12.3. The molecular formula is C15H18N4O3. The Hall–Kier alpha value is -2.57. The molecule has 2 aliphatic rings. The molecule has 2 heterocycles. The summed E-state index contributed by atoms with van der Waals surface area (Å²) in [6.45, 7) is 0.843. The van der Waals surface area contributed by atoms with Gasteiger partial charge in [0.05, 0.1) is 12.6 Å². The molecule has 0 radical (unpaired) electrons. The van der Waals surface area contributed by atoms with E-state index < -0.39 is 0 Å². The van der Waals surface area contributed by atoms with E-state index in [0.717, 1.165) is 5.69 Å². The number of benzene rings is 1. The molecule has 1 N–H and O–H groups in total. The third kappa shape index (κ3) is 2.38. The number of hydrogen-bond acceptors (Lipinski definition) is 4. The number of likely N-dealkylation sites (tertiary alicyclic amines) is 1. The molecule has 2 aliphatic heterocycles. The van der Waals surface area contributed by atoms with E-state index in [0.29, 0.717) is 18.7 Å². The summed E-state index contributed by atoms with van der Waals surface area (Å²) in [5.74, 6) is -0.300. The van der Waals surface area contributed by atoms with E-state index in [1.807, 2.05) is 31.1 Å². The van der Waals surface area contributed by atoms with Crippen LogP contribution in [0.25, 0.3) is 0 Å². The Balaban J connectivity index is 1.61. The van der Waals surface area contributed by atoms with Crippen LogP contribution in [0.4, 0.5) is 10.5 Å². The number of carbonyl (C=O) groups is 3. The zero-order chi connectivity index (χ0) is 15.9. The number of amides is 4. The molecule has 1 aromatic carbocycles. The minimum absolute atomic E-state index is 0.0509. The van der Waals surface area contributed by atoms with Crippen LogP contribution in [0, 0.1) is 0 Å². The number of hydrogen-bond donors (Lipinski definition) is 1. The van der Waals surface area contributed by atoms with E-state index in [2.05, 4.69) is 5.32 Å². The average Bonchev–Trinajstić information content (AvgIpc) is 2.78. The van der Waals surface area contributed by atoms with Crippen LogP contribution in [0.5, 0.6) is 0 Å². The van der Waals surface area contributed by atoms with E-state index in [9.17, 15) is 14.4 Å². The predicted molar refractivity (Wildman–Crippen MR) is 80.7 cm³/mol. The molecule has 2 saturated heterocycles. The highest BCUT2D eigenvalue weighted by molar-refractivity contribution is 6.03. The molecule has 3 rings (SSSR count). The lowest BCUT2D eigenvalue weighted by Gasteiger charge is -2.42. The number of rotatable bonds is 3. The van der Waals surface area contributed by atoms with Crippen molar-refractivity contribution in [1.29, 1.82) is 0 Å². The van der Waals surface area contributed by atoms with Crippen LogP contribution in [0.1, 0.15) is 10.4 Å². The van der Waals surface area contributed by atoms with Crippen LogP contribution in [0.3, 0.4) is 0 Å². The van der Waals surface area contributed by atoms with Gasteiger partial charge in [-0.1, -0.05) is 0 Å². The van der Waals surface area contributed by atoms with E-state index in [4.69, 9.17) is 0 Å². The van der Waals surface area contributed by atoms with Crippen LogP contribution in [-0.2, 0) is 4.79 Å². The van der Waals surface area contributed by atoms with E-state index in [1.165, 1.54) is 4.90 Å². The van der Waals surface area contributed by atoms with Gasteiger partial charge in [-0.2, -0.15) is 0 Å². The van der Waals surface area contributed by atoms with Gasteiger partial charge in [0.2, 0.25) is 5.91 Å². The van der Waals surface area contributed by atoms with Crippen molar-refractivity contribution in [3.8, 4) is 0 Å². The van der Waals surface area contributed by atoms with Gasteiger partial charge in [-0.15, -0.1) is 0 Å². The number of imide groups is 1. The molecule has 0 aliphatic carbocycles. The number of anilines is 1. The zero-order valence-corrected chi connectivity index (χ0v) is 12.6. The van der Waals surface area contributed by atoms with Crippen LogP contribution < -0.4 is 10.2 Å². The molecule has 22 heavy (non-hydrogen) atoms. The third-order valence-electron chi connectivity index (χ3n) is 4.02. The number of carbonyl (C=O) groups excluding carboxylic acids is 3. The first-order valence-electron chi connectivity index (χ1n) is 7.14. The van der Waals surface area contributed by atoms with Gasteiger partial charge in [0.25, 0.3) is 5.91 Å². The Morgan fingerprint density at radius 3 is 2.32 bits per heavy atom. The highest BCUT2D eigenvalue weighted by atomic mass is 16.2. The van der Waals surface area contributed by atoms with Crippen molar-refractivity contribution in [2.24, 2.45) is 0 Å². The summed E-state index contributed by atoms with van der Waals surface area (Å²) >= 11 is 0. The fourth-order valence-corrected chi connectivity index (χ4v) is 2.67. The Bertz CT molecular complexity index is 604. The van der Waals surface area contributed by atoms with Gasteiger partial charge in [0.15, 0.2) is 0 Å². The fourth-order valence-electron chi connectivity index (χ4n) is 2.67. The van der Waals surface area contributed by atoms with Crippen LogP contribution in [0.15, 0.2) is 24.3 Å². The minimum atomic E-state index is -0.363. The lowest BCUT2D eigenvalue weighted by molar-refractivity contribution is -0.128. The second kappa shape index (κ2) is 5.32. The van der Waals surface area contributed by atoms with Gasteiger partial charge in [-0.05, 0) is 24.3 Å². The molecule has 0 atom stereocenters. The maximum atomic E-state index is 12.3. The van der Waals surface area contributed by atoms with Crippen molar-refractivity contribution < 1.29 is 14.4 Å². The van der Waals surface area contributed by atoms with Crippen molar-refractivity contribution in [3.05, 3.63) is 29.8 Å². The topological polar surface area (TPSA) is 73.0 Å². The van der Waals surface area contributed by atoms with Gasteiger partial charge < -0.3 is 15.1 Å². The van der Waals surface area contributed by atoms with E-state index >= 15 is 0 Å². The standard InChI is InChI=1S/C15H18N4O3/c1-17(2)11-5-3-10(4-6-11)14(21)18-8-12(9-18)19-13(20)7-16-15(19)22/h3-6,12H,7-9H2,1-2H3,(H,16,22). The van der Waals surface area contributed by atoms with Crippen LogP contribution in [-0.4, -0.2) is 67.4 Å². The average molecular weight is 302 g/mol.